The van der Waals surface area contributed by atoms with E-state index in [1.54, 1.807) is 36.9 Å². The average Bonchev–Trinajstić information content (AvgIpc) is 3.28. The van der Waals surface area contributed by atoms with Crippen LogP contribution in [0.2, 0.25) is 0 Å². The molecule has 0 atom stereocenters. The number of aromatic nitrogens is 4. The van der Waals surface area contributed by atoms with Crippen LogP contribution in [0.15, 0.2) is 54.6 Å². The number of carbonyl (C=O) groups excluding carboxylic acids is 1. The minimum absolute atomic E-state index is 0.132. The summed E-state index contributed by atoms with van der Waals surface area (Å²) in [7, 11) is 3.16. The molecular weight excluding hydrogens is 438 g/mol. The summed E-state index contributed by atoms with van der Waals surface area (Å²) in [6.45, 7) is 2.33. The van der Waals surface area contributed by atoms with E-state index in [4.69, 9.17) is 18.9 Å². The van der Waals surface area contributed by atoms with E-state index in [1.165, 1.54) is 0 Å². The maximum absolute atomic E-state index is 12.1. The van der Waals surface area contributed by atoms with Gasteiger partial charge in [-0.15, -0.1) is 15.3 Å². The molecule has 0 saturated carbocycles. The Kier molecular flexibility index (Phi) is 7.07. The molecule has 0 spiro atoms. The summed E-state index contributed by atoms with van der Waals surface area (Å²) in [5.74, 6) is 2.40. The maximum Gasteiger partial charge on any atom is 0.258 e. The van der Waals surface area contributed by atoms with E-state index in [0.717, 1.165) is 11.1 Å². The van der Waals surface area contributed by atoms with E-state index in [0.29, 0.717) is 34.6 Å². The Balaban J connectivity index is 1.31. The highest BCUT2D eigenvalue weighted by atomic mass is 16.5. The molecule has 0 fully saturated rings. The molecule has 0 aliphatic rings. The van der Waals surface area contributed by atoms with Crippen LogP contribution in [0, 0.1) is 6.92 Å². The molecule has 4 rings (SSSR count). The average molecular weight is 463 g/mol. The van der Waals surface area contributed by atoms with Gasteiger partial charge in [-0.25, -0.2) is 0 Å². The monoisotopic (exact) mass is 463 g/mol. The number of fused-ring (bicyclic) bond motifs is 1. The van der Waals surface area contributed by atoms with Gasteiger partial charge < -0.3 is 24.3 Å². The molecule has 1 amide bonds. The van der Waals surface area contributed by atoms with Crippen molar-refractivity contribution < 1.29 is 23.7 Å². The van der Waals surface area contributed by atoms with Crippen molar-refractivity contribution >= 4 is 11.6 Å². The largest absolute Gasteiger partial charge is 0.496 e. The van der Waals surface area contributed by atoms with Gasteiger partial charge in [0.15, 0.2) is 29.6 Å². The number of carbonyl (C=O) groups is 1. The number of nitrogens with one attached hydrogen (secondary N) is 1. The normalized spacial score (nSPS) is 10.7. The number of rotatable bonds is 10. The molecule has 10 nitrogen and oxygen atoms in total. The summed E-state index contributed by atoms with van der Waals surface area (Å²) < 4.78 is 23.5. The second kappa shape index (κ2) is 10.5. The van der Waals surface area contributed by atoms with Crippen molar-refractivity contribution in [3.8, 4) is 34.5 Å². The molecule has 10 heteroatoms. The third-order valence-electron chi connectivity index (χ3n) is 4.94. The van der Waals surface area contributed by atoms with Crippen LogP contribution in [0.4, 0.5) is 0 Å². The molecule has 176 valence electrons. The highest BCUT2D eigenvalue weighted by molar-refractivity contribution is 5.77. The summed E-state index contributed by atoms with van der Waals surface area (Å²) in [5.41, 5.74) is 2.38. The second-order valence-electron chi connectivity index (χ2n) is 7.31. The predicted octanol–water partition coefficient (Wildman–Crippen LogP) is 2.69. The standard InChI is InChI=1S/C24H25N5O5/c1-16-8-9-19(20(14-16)32-3)34-15-22(30)25-12-13-33-23-11-10-21-26-27-24(29(21)28-23)17-6-4-5-7-18(17)31-2/h4-11,14H,12-13,15H2,1-3H3,(H,25,30). The molecule has 2 aromatic heterocycles. The van der Waals surface area contributed by atoms with Gasteiger partial charge in [0, 0.05) is 6.07 Å². The van der Waals surface area contributed by atoms with Gasteiger partial charge in [0.25, 0.3) is 5.91 Å². The second-order valence-corrected chi connectivity index (χ2v) is 7.31. The number of benzene rings is 2. The first-order valence-electron chi connectivity index (χ1n) is 10.6. The van der Waals surface area contributed by atoms with Crippen LogP contribution < -0.4 is 24.3 Å². The zero-order valence-corrected chi connectivity index (χ0v) is 19.1. The zero-order chi connectivity index (χ0) is 23.9. The summed E-state index contributed by atoms with van der Waals surface area (Å²) in [5, 5.41) is 15.6. The first-order valence-corrected chi connectivity index (χ1v) is 10.6. The van der Waals surface area contributed by atoms with E-state index >= 15 is 0 Å². The van der Waals surface area contributed by atoms with Crippen molar-refractivity contribution in [1.29, 1.82) is 0 Å². The Morgan fingerprint density at radius 2 is 1.76 bits per heavy atom. The summed E-state index contributed by atoms with van der Waals surface area (Å²) in [6, 6.07) is 16.5. The first kappa shape index (κ1) is 22.8. The van der Waals surface area contributed by atoms with Crippen LogP contribution in [0.25, 0.3) is 17.0 Å². The fraction of sp³-hybridized carbons (Fsp3) is 0.250. The number of hydrogen-bond donors (Lipinski definition) is 1. The summed E-state index contributed by atoms with van der Waals surface area (Å²) in [6.07, 6.45) is 0. The van der Waals surface area contributed by atoms with Crippen molar-refractivity contribution in [3.05, 3.63) is 60.2 Å². The van der Waals surface area contributed by atoms with Crippen molar-refractivity contribution in [2.45, 2.75) is 6.92 Å². The Morgan fingerprint density at radius 3 is 2.59 bits per heavy atom. The highest BCUT2D eigenvalue weighted by Crippen LogP contribution is 2.29. The molecule has 1 N–H and O–H groups in total. The third kappa shape index (κ3) is 5.17. The number of methoxy groups -OCH3 is 2. The number of amides is 1. The molecular formula is C24H25N5O5. The van der Waals surface area contributed by atoms with Crippen molar-refractivity contribution in [2.24, 2.45) is 0 Å². The van der Waals surface area contributed by atoms with E-state index in [2.05, 4.69) is 20.6 Å². The molecule has 0 unspecified atom stereocenters. The van der Waals surface area contributed by atoms with Crippen molar-refractivity contribution in [3.63, 3.8) is 0 Å². The molecule has 34 heavy (non-hydrogen) atoms. The summed E-state index contributed by atoms with van der Waals surface area (Å²) >= 11 is 0. The van der Waals surface area contributed by atoms with Crippen LogP contribution in [0.5, 0.6) is 23.1 Å². The fourth-order valence-corrected chi connectivity index (χ4v) is 3.28. The SMILES string of the molecule is COc1cc(C)ccc1OCC(=O)NCCOc1ccc2nnc(-c3ccccc3OC)n2n1. The van der Waals surface area contributed by atoms with Gasteiger partial charge in [0.1, 0.15) is 12.4 Å². The number of hydrogen-bond acceptors (Lipinski definition) is 8. The van der Waals surface area contributed by atoms with Gasteiger partial charge in [-0.1, -0.05) is 18.2 Å². The lowest BCUT2D eigenvalue weighted by atomic mass is 10.2. The van der Waals surface area contributed by atoms with Crippen LogP contribution in [-0.4, -0.2) is 59.7 Å². The molecule has 0 aliphatic carbocycles. The number of para-hydroxylation sites is 1. The molecule has 4 aromatic rings. The lowest BCUT2D eigenvalue weighted by Gasteiger charge is -2.11. The van der Waals surface area contributed by atoms with Gasteiger partial charge in [0.2, 0.25) is 5.88 Å². The smallest absolute Gasteiger partial charge is 0.258 e. The van der Waals surface area contributed by atoms with E-state index < -0.39 is 0 Å². The van der Waals surface area contributed by atoms with Crippen molar-refractivity contribution in [1.82, 2.24) is 25.1 Å². The third-order valence-corrected chi connectivity index (χ3v) is 4.94. The number of nitrogens with zero attached hydrogens (tertiary/aromatic N) is 4. The van der Waals surface area contributed by atoms with E-state index in [9.17, 15) is 4.79 Å². The number of aryl methyl sites for hydroxylation is 1. The summed E-state index contributed by atoms with van der Waals surface area (Å²) in [4.78, 5) is 12.1. The quantitative estimate of drug-likeness (QED) is 0.358. The van der Waals surface area contributed by atoms with E-state index in [-0.39, 0.29) is 25.7 Å². The highest BCUT2D eigenvalue weighted by Gasteiger charge is 2.14. The lowest BCUT2D eigenvalue weighted by Crippen LogP contribution is -2.32. The zero-order valence-electron chi connectivity index (χ0n) is 19.1. The molecule has 0 radical (unpaired) electrons. The van der Waals surface area contributed by atoms with Crippen LogP contribution >= 0.6 is 0 Å². The van der Waals surface area contributed by atoms with Gasteiger partial charge in [0.05, 0.1) is 26.3 Å². The predicted molar refractivity (Wildman–Crippen MR) is 125 cm³/mol. The van der Waals surface area contributed by atoms with Crippen LogP contribution in [-0.2, 0) is 4.79 Å². The molecule has 2 aromatic carbocycles. The van der Waals surface area contributed by atoms with Crippen molar-refractivity contribution in [2.75, 3.05) is 34.0 Å². The number of ether oxygens (including phenoxy) is 4. The Morgan fingerprint density at radius 1 is 0.941 bits per heavy atom. The van der Waals surface area contributed by atoms with Crippen LogP contribution in [0.3, 0.4) is 0 Å². The Labute approximate surface area is 196 Å². The topological polar surface area (TPSA) is 109 Å². The Hall–Kier alpha value is -4.34. The maximum atomic E-state index is 12.1. The van der Waals surface area contributed by atoms with Crippen LogP contribution in [0.1, 0.15) is 5.56 Å². The minimum atomic E-state index is -0.271. The van der Waals surface area contributed by atoms with E-state index in [1.807, 2.05) is 43.3 Å². The Bertz CT molecular complexity index is 1290. The van der Waals surface area contributed by atoms with Gasteiger partial charge in [-0.3, -0.25) is 4.79 Å². The first-order chi connectivity index (χ1) is 16.6. The minimum Gasteiger partial charge on any atom is -0.496 e. The van der Waals surface area contributed by atoms with Gasteiger partial charge in [-0.05, 0) is 42.8 Å². The van der Waals surface area contributed by atoms with Gasteiger partial charge in [-0.2, -0.15) is 4.52 Å². The van der Waals surface area contributed by atoms with Gasteiger partial charge >= 0.3 is 0 Å². The lowest BCUT2D eigenvalue weighted by molar-refractivity contribution is -0.123. The molecule has 2 heterocycles. The molecule has 0 bridgehead atoms. The molecule has 0 aliphatic heterocycles. The fourth-order valence-electron chi connectivity index (χ4n) is 3.28. The molecule has 0 saturated heterocycles.